The molecule has 0 saturated carbocycles. The number of hydrogen-bond acceptors (Lipinski definition) is 4. The zero-order valence-corrected chi connectivity index (χ0v) is 11.5. The van der Waals surface area contributed by atoms with Crippen LogP contribution in [0.2, 0.25) is 0 Å². The fourth-order valence-corrected chi connectivity index (χ4v) is 1.72. The van der Waals surface area contributed by atoms with E-state index >= 15 is 0 Å². The summed E-state index contributed by atoms with van der Waals surface area (Å²) in [5.74, 6) is -0.147. The van der Waals surface area contributed by atoms with Crippen molar-refractivity contribution in [1.82, 2.24) is 9.88 Å². The van der Waals surface area contributed by atoms with Crippen LogP contribution in [0, 0.1) is 0 Å². The van der Waals surface area contributed by atoms with Crippen molar-refractivity contribution >= 4 is 5.91 Å². The molecule has 19 heavy (non-hydrogen) atoms. The maximum absolute atomic E-state index is 11.9. The summed E-state index contributed by atoms with van der Waals surface area (Å²) in [6.45, 7) is 1.89. The average Bonchev–Trinajstić information content (AvgIpc) is 2.84. The first-order valence-electron chi connectivity index (χ1n) is 6.28. The van der Waals surface area contributed by atoms with E-state index in [1.54, 1.807) is 13.2 Å². The average molecular weight is 270 g/mol. The van der Waals surface area contributed by atoms with Gasteiger partial charge in [-0.3, -0.25) is 4.79 Å². The topological polar surface area (TPSA) is 72.7 Å². The number of methoxy groups -OCH3 is 2. The third-order valence-electron chi connectivity index (χ3n) is 2.72. The van der Waals surface area contributed by atoms with Crippen molar-refractivity contribution in [1.29, 1.82) is 0 Å². The molecule has 1 amide bonds. The second kappa shape index (κ2) is 8.68. The minimum atomic E-state index is -0.550. The Hall–Kier alpha value is -1.37. The second-order valence-electron chi connectivity index (χ2n) is 4.23. The molecule has 0 fully saturated rings. The first-order chi connectivity index (χ1) is 9.19. The van der Waals surface area contributed by atoms with Gasteiger partial charge in [0.25, 0.3) is 5.91 Å². The highest BCUT2D eigenvalue weighted by Crippen LogP contribution is 2.02. The molecule has 2 N–H and O–H groups in total. The SMILES string of the molecule is COCCn1cccc1C(=O)NCCC(O)COC. The molecule has 1 unspecified atom stereocenters. The number of amides is 1. The highest BCUT2D eigenvalue weighted by Gasteiger charge is 2.11. The van der Waals surface area contributed by atoms with Gasteiger partial charge in [0.1, 0.15) is 5.69 Å². The molecule has 6 heteroatoms. The number of aromatic nitrogens is 1. The Labute approximate surface area is 113 Å². The minimum Gasteiger partial charge on any atom is -0.391 e. The van der Waals surface area contributed by atoms with Crippen LogP contribution >= 0.6 is 0 Å². The zero-order chi connectivity index (χ0) is 14.1. The number of aliphatic hydroxyl groups excluding tert-OH is 1. The first kappa shape index (κ1) is 15.7. The lowest BCUT2D eigenvalue weighted by Crippen LogP contribution is -2.30. The number of nitrogens with zero attached hydrogens (tertiary/aromatic N) is 1. The summed E-state index contributed by atoms with van der Waals surface area (Å²) in [5, 5.41) is 12.2. The minimum absolute atomic E-state index is 0.147. The predicted octanol–water partition coefficient (Wildman–Crippen LogP) is 0.262. The normalized spacial score (nSPS) is 12.4. The van der Waals surface area contributed by atoms with Gasteiger partial charge in [-0.2, -0.15) is 0 Å². The Morgan fingerprint density at radius 1 is 1.47 bits per heavy atom. The van der Waals surface area contributed by atoms with Gasteiger partial charge in [-0.1, -0.05) is 0 Å². The first-order valence-corrected chi connectivity index (χ1v) is 6.28. The quantitative estimate of drug-likeness (QED) is 0.675. The van der Waals surface area contributed by atoms with Crippen LogP contribution in [0.3, 0.4) is 0 Å². The van der Waals surface area contributed by atoms with Crippen LogP contribution in [0.4, 0.5) is 0 Å². The molecule has 0 aromatic carbocycles. The Balaban J connectivity index is 2.38. The Bertz CT molecular complexity index is 378. The van der Waals surface area contributed by atoms with E-state index in [0.29, 0.717) is 31.8 Å². The summed E-state index contributed by atoms with van der Waals surface area (Å²) in [6.07, 6.45) is 1.76. The Morgan fingerprint density at radius 3 is 2.95 bits per heavy atom. The van der Waals surface area contributed by atoms with Crippen molar-refractivity contribution in [2.75, 3.05) is 34.0 Å². The number of carbonyl (C=O) groups is 1. The molecule has 0 aliphatic carbocycles. The second-order valence-corrected chi connectivity index (χ2v) is 4.23. The van der Waals surface area contributed by atoms with Crippen LogP contribution in [0.15, 0.2) is 18.3 Å². The van der Waals surface area contributed by atoms with Gasteiger partial charge in [0, 0.05) is 33.5 Å². The number of aliphatic hydroxyl groups is 1. The molecule has 1 atom stereocenters. The van der Waals surface area contributed by atoms with E-state index in [1.807, 2.05) is 16.8 Å². The van der Waals surface area contributed by atoms with Crippen molar-refractivity contribution in [3.8, 4) is 0 Å². The number of carbonyl (C=O) groups excluding carboxylic acids is 1. The van der Waals surface area contributed by atoms with Crippen LogP contribution in [0.1, 0.15) is 16.9 Å². The maximum atomic E-state index is 11.9. The zero-order valence-electron chi connectivity index (χ0n) is 11.5. The molecule has 108 valence electrons. The summed E-state index contributed by atoms with van der Waals surface area (Å²) >= 11 is 0. The van der Waals surface area contributed by atoms with Gasteiger partial charge in [0.05, 0.1) is 19.3 Å². The van der Waals surface area contributed by atoms with Gasteiger partial charge >= 0.3 is 0 Å². The lowest BCUT2D eigenvalue weighted by molar-refractivity contribution is 0.0587. The summed E-state index contributed by atoms with van der Waals surface area (Å²) in [7, 11) is 3.16. The molecular formula is C13H22N2O4. The molecule has 0 spiro atoms. The van der Waals surface area contributed by atoms with E-state index in [1.165, 1.54) is 7.11 Å². The molecule has 0 saturated heterocycles. The maximum Gasteiger partial charge on any atom is 0.267 e. The number of rotatable bonds is 9. The third kappa shape index (κ3) is 5.42. The third-order valence-corrected chi connectivity index (χ3v) is 2.72. The van der Waals surface area contributed by atoms with Crippen molar-refractivity contribution in [2.45, 2.75) is 19.1 Å². The Kier molecular flexibility index (Phi) is 7.17. The largest absolute Gasteiger partial charge is 0.391 e. The molecule has 1 aromatic rings. The van der Waals surface area contributed by atoms with Gasteiger partial charge in [0.15, 0.2) is 0 Å². The summed E-state index contributed by atoms with van der Waals surface area (Å²) in [6, 6.07) is 3.58. The molecule has 0 bridgehead atoms. The van der Waals surface area contributed by atoms with Crippen LogP contribution in [0.25, 0.3) is 0 Å². The fraction of sp³-hybridized carbons (Fsp3) is 0.615. The van der Waals surface area contributed by atoms with Gasteiger partial charge < -0.3 is 24.5 Å². The standard InChI is InChI=1S/C13H22N2O4/c1-18-9-8-15-7-3-4-12(15)13(17)14-6-5-11(16)10-19-2/h3-4,7,11,16H,5-6,8-10H2,1-2H3,(H,14,17). The molecule has 0 aliphatic heterocycles. The van der Waals surface area contributed by atoms with E-state index in [-0.39, 0.29) is 12.5 Å². The van der Waals surface area contributed by atoms with Crippen molar-refractivity contribution in [3.63, 3.8) is 0 Å². The highest BCUT2D eigenvalue weighted by atomic mass is 16.5. The van der Waals surface area contributed by atoms with Gasteiger partial charge in [-0.05, 0) is 18.6 Å². The van der Waals surface area contributed by atoms with E-state index in [0.717, 1.165) is 0 Å². The lowest BCUT2D eigenvalue weighted by atomic mass is 10.2. The molecular weight excluding hydrogens is 248 g/mol. The summed E-state index contributed by atoms with van der Waals surface area (Å²) in [4.78, 5) is 11.9. The monoisotopic (exact) mass is 270 g/mol. The molecule has 0 radical (unpaired) electrons. The molecule has 6 nitrogen and oxygen atoms in total. The van der Waals surface area contributed by atoms with Crippen molar-refractivity contribution in [2.24, 2.45) is 0 Å². The van der Waals surface area contributed by atoms with Gasteiger partial charge in [-0.15, -0.1) is 0 Å². The van der Waals surface area contributed by atoms with Crippen LogP contribution < -0.4 is 5.32 Å². The summed E-state index contributed by atoms with van der Waals surface area (Å²) < 4.78 is 11.6. The molecule has 1 aromatic heterocycles. The van der Waals surface area contributed by atoms with E-state index in [9.17, 15) is 9.90 Å². The predicted molar refractivity (Wildman–Crippen MR) is 71.1 cm³/mol. The number of hydrogen-bond donors (Lipinski definition) is 2. The van der Waals surface area contributed by atoms with E-state index in [2.05, 4.69) is 5.32 Å². The fourth-order valence-electron chi connectivity index (χ4n) is 1.72. The smallest absolute Gasteiger partial charge is 0.267 e. The highest BCUT2D eigenvalue weighted by molar-refractivity contribution is 5.92. The molecule has 0 aliphatic rings. The van der Waals surface area contributed by atoms with Crippen LogP contribution in [-0.4, -0.2) is 55.7 Å². The summed E-state index contributed by atoms with van der Waals surface area (Å²) in [5.41, 5.74) is 0.596. The van der Waals surface area contributed by atoms with Crippen LogP contribution in [0.5, 0.6) is 0 Å². The van der Waals surface area contributed by atoms with Crippen LogP contribution in [-0.2, 0) is 16.0 Å². The molecule has 1 rings (SSSR count). The van der Waals surface area contributed by atoms with Gasteiger partial charge in [0.2, 0.25) is 0 Å². The number of nitrogens with one attached hydrogen (secondary N) is 1. The lowest BCUT2D eigenvalue weighted by Gasteiger charge is -2.11. The van der Waals surface area contributed by atoms with Gasteiger partial charge in [-0.25, -0.2) is 0 Å². The Morgan fingerprint density at radius 2 is 2.26 bits per heavy atom. The van der Waals surface area contributed by atoms with E-state index in [4.69, 9.17) is 9.47 Å². The van der Waals surface area contributed by atoms with Crippen molar-refractivity contribution in [3.05, 3.63) is 24.0 Å². The molecule has 1 heterocycles. The van der Waals surface area contributed by atoms with Crippen molar-refractivity contribution < 1.29 is 19.4 Å². The number of ether oxygens (including phenoxy) is 2. The van der Waals surface area contributed by atoms with E-state index < -0.39 is 6.10 Å².